The van der Waals surface area contributed by atoms with Crippen LogP contribution in [-0.2, 0) is 0 Å². The number of rotatable bonds is 3. The molecule has 0 atom stereocenters. The zero-order chi connectivity index (χ0) is 13.2. The van der Waals surface area contributed by atoms with Gasteiger partial charge in [-0.2, -0.15) is 16.4 Å². The molecule has 0 aliphatic heterocycles. The van der Waals surface area contributed by atoms with Gasteiger partial charge >= 0.3 is 5.97 Å². The number of carboxylic acid groups (broad SMARTS) is 1. The maximum atomic E-state index is 11.4. The van der Waals surface area contributed by atoms with E-state index < -0.39 is 5.97 Å². The number of aromatic carboxylic acids is 1. The van der Waals surface area contributed by atoms with Crippen molar-refractivity contribution >= 4 is 17.3 Å². The second kappa shape index (κ2) is 5.17. The van der Waals surface area contributed by atoms with Gasteiger partial charge in [0, 0.05) is 17.1 Å². The monoisotopic (exact) mass is 276 g/mol. The number of carboxylic acids is 1. The van der Waals surface area contributed by atoms with Crippen molar-refractivity contribution in [2.24, 2.45) is 0 Å². The third kappa shape index (κ3) is 2.42. The molecule has 2 aromatic rings. The van der Waals surface area contributed by atoms with E-state index in [2.05, 4.69) is 5.10 Å². The normalized spacial score (nSPS) is 16.6. The molecule has 1 N–H and O–H groups in total. The van der Waals surface area contributed by atoms with Gasteiger partial charge in [-0.1, -0.05) is 19.3 Å². The van der Waals surface area contributed by atoms with Crippen molar-refractivity contribution in [2.75, 3.05) is 0 Å². The second-order valence-electron chi connectivity index (χ2n) is 4.98. The maximum Gasteiger partial charge on any atom is 0.339 e. The molecular weight excluding hydrogens is 260 g/mol. The fourth-order valence-corrected chi connectivity index (χ4v) is 3.33. The van der Waals surface area contributed by atoms with E-state index in [1.54, 1.807) is 17.5 Å². The summed E-state index contributed by atoms with van der Waals surface area (Å²) in [4.78, 5) is 11.4. The summed E-state index contributed by atoms with van der Waals surface area (Å²) >= 11 is 1.56. The van der Waals surface area contributed by atoms with Crippen LogP contribution >= 0.6 is 11.3 Å². The molecule has 1 saturated carbocycles. The average Bonchev–Trinajstić information content (AvgIpc) is 3.08. The zero-order valence-electron chi connectivity index (χ0n) is 10.6. The molecule has 0 spiro atoms. The Bertz CT molecular complexity index is 568. The van der Waals surface area contributed by atoms with Gasteiger partial charge < -0.3 is 5.11 Å². The van der Waals surface area contributed by atoms with E-state index in [4.69, 9.17) is 0 Å². The van der Waals surface area contributed by atoms with Crippen LogP contribution in [0.1, 0.15) is 48.5 Å². The third-order valence-corrected chi connectivity index (χ3v) is 4.39. The molecule has 0 aromatic carbocycles. The number of nitrogens with zero attached hydrogens (tertiary/aromatic N) is 2. The molecule has 0 unspecified atom stereocenters. The highest BCUT2D eigenvalue weighted by atomic mass is 32.1. The predicted octanol–water partition coefficient (Wildman–Crippen LogP) is 3.82. The van der Waals surface area contributed by atoms with E-state index in [1.807, 2.05) is 21.5 Å². The quantitative estimate of drug-likeness (QED) is 0.927. The van der Waals surface area contributed by atoms with Crippen LogP contribution in [0.25, 0.3) is 11.3 Å². The SMILES string of the molecule is O=C(O)c1cn(C2CCCCC2)nc1-c1ccsc1. The summed E-state index contributed by atoms with van der Waals surface area (Å²) in [6.45, 7) is 0. The molecule has 4 nitrogen and oxygen atoms in total. The van der Waals surface area contributed by atoms with Crippen molar-refractivity contribution in [1.29, 1.82) is 0 Å². The van der Waals surface area contributed by atoms with Gasteiger partial charge in [0.2, 0.25) is 0 Å². The lowest BCUT2D eigenvalue weighted by atomic mass is 9.96. The minimum Gasteiger partial charge on any atom is -0.478 e. The summed E-state index contributed by atoms with van der Waals surface area (Å²) in [5, 5.41) is 17.8. The van der Waals surface area contributed by atoms with E-state index in [0.29, 0.717) is 17.3 Å². The molecule has 0 amide bonds. The lowest BCUT2D eigenvalue weighted by Gasteiger charge is -2.21. The van der Waals surface area contributed by atoms with Gasteiger partial charge in [-0.15, -0.1) is 0 Å². The number of hydrogen-bond donors (Lipinski definition) is 1. The van der Waals surface area contributed by atoms with Crippen molar-refractivity contribution in [3.8, 4) is 11.3 Å². The van der Waals surface area contributed by atoms with E-state index in [1.165, 1.54) is 19.3 Å². The van der Waals surface area contributed by atoms with E-state index in [-0.39, 0.29) is 0 Å². The summed E-state index contributed by atoms with van der Waals surface area (Å²) in [5.74, 6) is -0.900. The molecule has 0 saturated heterocycles. The largest absolute Gasteiger partial charge is 0.478 e. The van der Waals surface area contributed by atoms with Crippen molar-refractivity contribution in [1.82, 2.24) is 9.78 Å². The van der Waals surface area contributed by atoms with Gasteiger partial charge in [0.25, 0.3) is 0 Å². The highest BCUT2D eigenvalue weighted by molar-refractivity contribution is 7.08. The van der Waals surface area contributed by atoms with E-state index in [0.717, 1.165) is 18.4 Å². The van der Waals surface area contributed by atoms with E-state index in [9.17, 15) is 9.90 Å². The summed E-state index contributed by atoms with van der Waals surface area (Å²) in [7, 11) is 0. The molecule has 2 heterocycles. The molecule has 19 heavy (non-hydrogen) atoms. The lowest BCUT2D eigenvalue weighted by Crippen LogP contribution is -2.13. The van der Waals surface area contributed by atoms with Crippen LogP contribution in [0, 0.1) is 0 Å². The Morgan fingerprint density at radius 3 is 2.79 bits per heavy atom. The number of hydrogen-bond acceptors (Lipinski definition) is 3. The fourth-order valence-electron chi connectivity index (χ4n) is 2.69. The molecule has 3 rings (SSSR count). The highest BCUT2D eigenvalue weighted by Crippen LogP contribution is 2.31. The van der Waals surface area contributed by atoms with Gasteiger partial charge in [-0.05, 0) is 24.3 Å². The maximum absolute atomic E-state index is 11.4. The summed E-state index contributed by atoms with van der Waals surface area (Å²) in [6.07, 6.45) is 7.60. The van der Waals surface area contributed by atoms with Crippen molar-refractivity contribution in [2.45, 2.75) is 38.1 Å². The number of aromatic nitrogens is 2. The smallest absolute Gasteiger partial charge is 0.339 e. The van der Waals surface area contributed by atoms with Crippen molar-refractivity contribution in [3.05, 3.63) is 28.6 Å². The molecule has 0 radical (unpaired) electrons. The summed E-state index contributed by atoms with van der Waals surface area (Å²) in [5.41, 5.74) is 1.81. The van der Waals surface area contributed by atoms with Crippen LogP contribution in [0.3, 0.4) is 0 Å². The first kappa shape index (κ1) is 12.4. The third-order valence-electron chi connectivity index (χ3n) is 3.71. The van der Waals surface area contributed by atoms with Crippen molar-refractivity contribution in [3.63, 3.8) is 0 Å². The molecule has 1 aliphatic carbocycles. The Morgan fingerprint density at radius 2 is 2.16 bits per heavy atom. The molecule has 2 aromatic heterocycles. The molecule has 0 bridgehead atoms. The molecule has 1 aliphatic rings. The topological polar surface area (TPSA) is 55.1 Å². The minimum absolute atomic E-state index is 0.309. The van der Waals surface area contributed by atoms with Gasteiger partial charge in [0.15, 0.2) is 0 Å². The van der Waals surface area contributed by atoms with Crippen molar-refractivity contribution < 1.29 is 9.90 Å². The van der Waals surface area contributed by atoms with Crippen LogP contribution in [0.2, 0.25) is 0 Å². The molecule has 100 valence electrons. The standard InChI is InChI=1S/C14H16N2O2S/c17-14(18)12-8-16(11-4-2-1-3-5-11)15-13(12)10-6-7-19-9-10/h6-9,11H,1-5H2,(H,17,18). The van der Waals surface area contributed by atoms with Crippen LogP contribution in [0.5, 0.6) is 0 Å². The summed E-state index contributed by atoms with van der Waals surface area (Å²) < 4.78 is 1.87. The van der Waals surface area contributed by atoms with Gasteiger partial charge in [0.05, 0.1) is 6.04 Å². The minimum atomic E-state index is -0.900. The zero-order valence-corrected chi connectivity index (χ0v) is 11.4. The van der Waals surface area contributed by atoms with Crippen LogP contribution in [0.15, 0.2) is 23.0 Å². The number of thiophene rings is 1. The predicted molar refractivity (Wildman–Crippen MR) is 74.6 cm³/mol. The van der Waals surface area contributed by atoms with Crippen LogP contribution in [0.4, 0.5) is 0 Å². The Balaban J connectivity index is 1.99. The second-order valence-corrected chi connectivity index (χ2v) is 5.76. The first-order chi connectivity index (χ1) is 9.25. The first-order valence-electron chi connectivity index (χ1n) is 6.60. The number of carbonyl (C=O) groups is 1. The fraction of sp³-hybridized carbons (Fsp3) is 0.429. The molecule has 5 heteroatoms. The Hall–Kier alpha value is -1.62. The average molecular weight is 276 g/mol. The van der Waals surface area contributed by atoms with Gasteiger partial charge in [-0.25, -0.2) is 4.79 Å². The molecular formula is C14H16N2O2S. The Labute approximate surface area is 115 Å². The first-order valence-corrected chi connectivity index (χ1v) is 7.55. The highest BCUT2D eigenvalue weighted by Gasteiger charge is 2.22. The summed E-state index contributed by atoms with van der Waals surface area (Å²) in [6, 6.07) is 2.28. The Morgan fingerprint density at radius 1 is 1.37 bits per heavy atom. The lowest BCUT2D eigenvalue weighted by molar-refractivity contribution is 0.0697. The van der Waals surface area contributed by atoms with Gasteiger partial charge in [0.1, 0.15) is 11.3 Å². The van der Waals surface area contributed by atoms with Crippen LogP contribution in [-0.4, -0.2) is 20.9 Å². The Kier molecular flexibility index (Phi) is 3.38. The van der Waals surface area contributed by atoms with Crippen LogP contribution < -0.4 is 0 Å². The molecule has 1 fully saturated rings. The van der Waals surface area contributed by atoms with E-state index >= 15 is 0 Å². The van der Waals surface area contributed by atoms with Gasteiger partial charge in [-0.3, -0.25) is 4.68 Å².